The number of amides is 3. The highest BCUT2D eigenvalue weighted by Gasteiger charge is 2.07. The van der Waals surface area contributed by atoms with Crippen LogP contribution in [0.4, 0.5) is 19.3 Å². The average molecular weight is 363 g/mol. The number of urea groups is 1. The fourth-order valence-corrected chi connectivity index (χ4v) is 2.04. The van der Waals surface area contributed by atoms with Gasteiger partial charge in [0.05, 0.1) is 6.54 Å². The Hall–Kier alpha value is -3.16. The molecule has 2 rings (SSSR count). The maximum atomic E-state index is 12.1. The van der Waals surface area contributed by atoms with Crippen molar-refractivity contribution in [3.05, 3.63) is 59.7 Å². The van der Waals surface area contributed by atoms with E-state index in [4.69, 9.17) is 0 Å². The quantitative estimate of drug-likeness (QED) is 0.707. The van der Waals surface area contributed by atoms with Crippen LogP contribution in [0.15, 0.2) is 48.5 Å². The molecule has 0 aliphatic rings. The van der Waals surface area contributed by atoms with Gasteiger partial charge >= 0.3 is 12.6 Å². The molecule has 0 saturated heterocycles. The number of benzene rings is 2. The number of hydrogen-bond donors (Lipinski definition) is 3. The van der Waals surface area contributed by atoms with Gasteiger partial charge in [0, 0.05) is 12.2 Å². The number of rotatable bonds is 7. The maximum Gasteiger partial charge on any atom is 0.387 e. The van der Waals surface area contributed by atoms with Crippen molar-refractivity contribution in [1.29, 1.82) is 0 Å². The topological polar surface area (TPSA) is 79.5 Å². The minimum absolute atomic E-state index is 0.00777. The molecule has 0 aromatic heterocycles. The number of nitrogens with one attached hydrogen (secondary N) is 3. The lowest BCUT2D eigenvalue weighted by molar-refractivity contribution is -0.115. The first-order chi connectivity index (χ1) is 12.4. The first-order valence-electron chi connectivity index (χ1n) is 7.84. The third-order valence-electron chi connectivity index (χ3n) is 3.35. The average Bonchev–Trinajstić information content (AvgIpc) is 2.61. The monoisotopic (exact) mass is 363 g/mol. The molecule has 3 amide bonds. The molecular formula is C18H19F2N3O3. The minimum atomic E-state index is -2.90. The van der Waals surface area contributed by atoms with E-state index in [-0.39, 0.29) is 12.3 Å². The molecule has 26 heavy (non-hydrogen) atoms. The first-order valence-corrected chi connectivity index (χ1v) is 7.84. The van der Waals surface area contributed by atoms with Gasteiger partial charge in [-0.2, -0.15) is 8.78 Å². The lowest BCUT2D eigenvalue weighted by Gasteiger charge is -2.09. The van der Waals surface area contributed by atoms with Crippen LogP contribution in [0, 0.1) is 6.92 Å². The van der Waals surface area contributed by atoms with Gasteiger partial charge in [0.1, 0.15) is 5.75 Å². The van der Waals surface area contributed by atoms with Gasteiger partial charge in [-0.3, -0.25) is 4.79 Å². The molecule has 138 valence electrons. The predicted molar refractivity (Wildman–Crippen MR) is 93.1 cm³/mol. The Morgan fingerprint density at radius 2 is 1.65 bits per heavy atom. The molecule has 0 fully saturated rings. The Labute approximate surface area is 149 Å². The molecule has 0 aliphatic carbocycles. The lowest BCUT2D eigenvalue weighted by atomic mass is 10.1. The van der Waals surface area contributed by atoms with Crippen LogP contribution < -0.4 is 20.7 Å². The summed E-state index contributed by atoms with van der Waals surface area (Å²) in [6.45, 7) is -0.811. The van der Waals surface area contributed by atoms with E-state index in [1.165, 1.54) is 24.3 Å². The molecule has 2 aromatic rings. The number of alkyl halides is 2. The number of carbonyl (C=O) groups excluding carboxylic acids is 2. The van der Waals surface area contributed by atoms with E-state index in [2.05, 4.69) is 20.7 Å². The van der Waals surface area contributed by atoms with E-state index < -0.39 is 18.5 Å². The highest BCUT2D eigenvalue weighted by Crippen LogP contribution is 2.17. The Balaban J connectivity index is 1.70. The summed E-state index contributed by atoms with van der Waals surface area (Å²) in [4.78, 5) is 23.5. The van der Waals surface area contributed by atoms with Crippen LogP contribution in [-0.2, 0) is 11.3 Å². The summed E-state index contributed by atoms with van der Waals surface area (Å²) in [5, 5.41) is 7.61. The van der Waals surface area contributed by atoms with Crippen molar-refractivity contribution in [2.24, 2.45) is 0 Å². The summed E-state index contributed by atoms with van der Waals surface area (Å²) in [7, 11) is 0. The van der Waals surface area contributed by atoms with Gasteiger partial charge in [0.2, 0.25) is 5.91 Å². The summed E-state index contributed by atoms with van der Waals surface area (Å²) in [6, 6.07) is 12.7. The zero-order chi connectivity index (χ0) is 18.9. The van der Waals surface area contributed by atoms with Crippen LogP contribution in [0.1, 0.15) is 11.1 Å². The largest absolute Gasteiger partial charge is 0.435 e. The number of halogens is 2. The van der Waals surface area contributed by atoms with Crippen LogP contribution >= 0.6 is 0 Å². The highest BCUT2D eigenvalue weighted by molar-refractivity contribution is 5.94. The molecular weight excluding hydrogens is 344 g/mol. The van der Waals surface area contributed by atoms with Gasteiger partial charge in [-0.25, -0.2) is 4.79 Å². The van der Waals surface area contributed by atoms with E-state index in [0.717, 1.165) is 11.1 Å². The number of carbonyl (C=O) groups is 2. The van der Waals surface area contributed by atoms with Gasteiger partial charge in [-0.1, -0.05) is 29.8 Å². The molecule has 0 saturated carbocycles. The van der Waals surface area contributed by atoms with Crippen molar-refractivity contribution < 1.29 is 23.1 Å². The molecule has 0 aliphatic heterocycles. The van der Waals surface area contributed by atoms with E-state index in [1.807, 2.05) is 31.2 Å². The third-order valence-corrected chi connectivity index (χ3v) is 3.35. The lowest BCUT2D eigenvalue weighted by Crippen LogP contribution is -2.39. The van der Waals surface area contributed by atoms with Crippen LogP contribution in [0.5, 0.6) is 5.75 Å². The summed E-state index contributed by atoms with van der Waals surface area (Å²) in [6.07, 6.45) is 0. The zero-order valence-corrected chi connectivity index (χ0v) is 14.1. The molecule has 0 atom stereocenters. The van der Waals surface area contributed by atoms with E-state index in [0.29, 0.717) is 12.2 Å². The first kappa shape index (κ1) is 19.2. The highest BCUT2D eigenvalue weighted by atomic mass is 19.3. The van der Waals surface area contributed by atoms with Crippen molar-refractivity contribution in [3.63, 3.8) is 0 Å². The second kappa shape index (κ2) is 9.36. The van der Waals surface area contributed by atoms with Crippen LogP contribution in [0.2, 0.25) is 0 Å². The van der Waals surface area contributed by atoms with Gasteiger partial charge in [0.25, 0.3) is 0 Å². The van der Waals surface area contributed by atoms with Crippen molar-refractivity contribution in [2.75, 3.05) is 11.9 Å². The van der Waals surface area contributed by atoms with Crippen molar-refractivity contribution in [3.8, 4) is 5.75 Å². The number of aryl methyl sites for hydroxylation is 1. The molecule has 0 bridgehead atoms. The predicted octanol–water partition coefficient (Wildman–Crippen LogP) is 3.03. The smallest absolute Gasteiger partial charge is 0.387 e. The molecule has 8 heteroatoms. The summed E-state index contributed by atoms with van der Waals surface area (Å²) < 4.78 is 28.3. The fraction of sp³-hybridized carbons (Fsp3) is 0.222. The molecule has 0 radical (unpaired) electrons. The Bertz CT molecular complexity index is 734. The zero-order valence-electron chi connectivity index (χ0n) is 14.1. The van der Waals surface area contributed by atoms with E-state index in [1.54, 1.807) is 0 Å². The Morgan fingerprint density at radius 3 is 2.27 bits per heavy atom. The molecule has 2 aromatic carbocycles. The van der Waals surface area contributed by atoms with Gasteiger partial charge in [0.15, 0.2) is 0 Å². The van der Waals surface area contributed by atoms with Crippen LogP contribution in [0.3, 0.4) is 0 Å². The molecule has 0 heterocycles. The van der Waals surface area contributed by atoms with Gasteiger partial charge < -0.3 is 20.7 Å². The van der Waals surface area contributed by atoms with Crippen molar-refractivity contribution in [2.45, 2.75) is 20.1 Å². The standard InChI is InChI=1S/C18H19F2N3O3/c1-12-2-4-13(5-3-12)10-21-18(25)22-11-16(24)23-14-6-8-15(9-7-14)26-17(19)20/h2-9,17H,10-11H2,1H3,(H,23,24)(H2,21,22,25). The van der Waals surface area contributed by atoms with Crippen LogP contribution in [0.25, 0.3) is 0 Å². The molecule has 0 spiro atoms. The van der Waals surface area contributed by atoms with Gasteiger partial charge in [-0.15, -0.1) is 0 Å². The summed E-state index contributed by atoms with van der Waals surface area (Å²) in [5.74, 6) is -0.454. The number of anilines is 1. The van der Waals surface area contributed by atoms with Crippen LogP contribution in [-0.4, -0.2) is 25.1 Å². The fourth-order valence-electron chi connectivity index (χ4n) is 2.04. The second-order valence-corrected chi connectivity index (χ2v) is 5.47. The maximum absolute atomic E-state index is 12.1. The van der Waals surface area contributed by atoms with Crippen molar-refractivity contribution in [1.82, 2.24) is 10.6 Å². The minimum Gasteiger partial charge on any atom is -0.435 e. The summed E-state index contributed by atoms with van der Waals surface area (Å²) >= 11 is 0. The number of hydrogen-bond acceptors (Lipinski definition) is 3. The number of ether oxygens (including phenoxy) is 1. The Kier molecular flexibility index (Phi) is 6.90. The molecule has 3 N–H and O–H groups in total. The SMILES string of the molecule is Cc1ccc(CNC(=O)NCC(=O)Nc2ccc(OC(F)F)cc2)cc1. The van der Waals surface area contributed by atoms with E-state index in [9.17, 15) is 18.4 Å². The summed E-state index contributed by atoms with van der Waals surface area (Å²) in [5.41, 5.74) is 2.48. The second-order valence-electron chi connectivity index (χ2n) is 5.47. The normalized spacial score (nSPS) is 10.3. The Morgan fingerprint density at radius 1 is 1.00 bits per heavy atom. The molecule has 0 unspecified atom stereocenters. The van der Waals surface area contributed by atoms with E-state index >= 15 is 0 Å². The third kappa shape index (κ3) is 6.76. The molecule has 6 nitrogen and oxygen atoms in total. The van der Waals surface area contributed by atoms with Crippen molar-refractivity contribution >= 4 is 17.6 Å². The van der Waals surface area contributed by atoms with Gasteiger partial charge in [-0.05, 0) is 36.8 Å².